The lowest BCUT2D eigenvalue weighted by molar-refractivity contribution is -0.111. The second-order valence-electron chi connectivity index (χ2n) is 7.03. The number of carbonyl (C=O) groups is 1. The standard InChI is InChI=1S/C22H22N2O4/c1-24-19-11-10-16(14-20(19)28-22(24)26)23-21(25)12-9-15-5-4-8-18(13-15)27-17-6-2-3-7-17/h4-5,8-14,17H,2-3,6-7H2,1H3,(H,23,25)/b12-9+. The number of ether oxygens (including phenoxy) is 1. The molecule has 3 aromatic rings. The minimum Gasteiger partial charge on any atom is -0.490 e. The molecule has 1 aliphatic rings. The number of hydrogen-bond donors (Lipinski definition) is 1. The summed E-state index contributed by atoms with van der Waals surface area (Å²) >= 11 is 0. The summed E-state index contributed by atoms with van der Waals surface area (Å²) in [6.45, 7) is 0. The third-order valence-electron chi connectivity index (χ3n) is 4.95. The molecule has 0 radical (unpaired) electrons. The summed E-state index contributed by atoms with van der Waals surface area (Å²) in [5.41, 5.74) is 2.58. The van der Waals surface area contributed by atoms with Gasteiger partial charge in [-0.1, -0.05) is 12.1 Å². The van der Waals surface area contributed by atoms with Gasteiger partial charge in [-0.15, -0.1) is 0 Å². The normalized spacial score (nSPS) is 14.8. The van der Waals surface area contributed by atoms with Crippen LogP contribution in [0, 0.1) is 0 Å². The van der Waals surface area contributed by atoms with Gasteiger partial charge in [-0.25, -0.2) is 4.79 Å². The van der Waals surface area contributed by atoms with Crippen LogP contribution >= 0.6 is 0 Å². The number of fused-ring (bicyclic) bond motifs is 1. The van der Waals surface area contributed by atoms with E-state index in [1.54, 1.807) is 31.3 Å². The van der Waals surface area contributed by atoms with Crippen molar-refractivity contribution in [3.8, 4) is 5.75 Å². The zero-order chi connectivity index (χ0) is 19.5. The fraction of sp³-hybridized carbons (Fsp3) is 0.273. The van der Waals surface area contributed by atoms with Crippen molar-refractivity contribution in [2.24, 2.45) is 7.05 Å². The van der Waals surface area contributed by atoms with E-state index in [-0.39, 0.29) is 5.91 Å². The maximum absolute atomic E-state index is 12.2. The van der Waals surface area contributed by atoms with Crippen molar-refractivity contribution in [2.75, 3.05) is 5.32 Å². The molecule has 0 bridgehead atoms. The maximum atomic E-state index is 12.2. The van der Waals surface area contributed by atoms with Crippen molar-refractivity contribution in [1.29, 1.82) is 0 Å². The fourth-order valence-corrected chi connectivity index (χ4v) is 3.46. The van der Waals surface area contributed by atoms with Crippen LogP contribution in [0.3, 0.4) is 0 Å². The molecule has 28 heavy (non-hydrogen) atoms. The summed E-state index contributed by atoms with van der Waals surface area (Å²) in [4.78, 5) is 23.8. The molecule has 1 aliphatic carbocycles. The molecule has 2 aromatic carbocycles. The molecular weight excluding hydrogens is 356 g/mol. The van der Waals surface area contributed by atoms with E-state index in [2.05, 4.69) is 5.32 Å². The Balaban J connectivity index is 1.41. The van der Waals surface area contributed by atoms with E-state index in [9.17, 15) is 9.59 Å². The lowest BCUT2D eigenvalue weighted by Crippen LogP contribution is -2.10. The molecule has 1 heterocycles. The van der Waals surface area contributed by atoms with E-state index in [4.69, 9.17) is 9.15 Å². The molecule has 0 aliphatic heterocycles. The van der Waals surface area contributed by atoms with Gasteiger partial charge in [0.1, 0.15) is 5.75 Å². The SMILES string of the molecule is Cn1c(=O)oc2cc(NC(=O)/C=C/c3cccc(OC4CCCC4)c3)ccc21. The first-order valence-corrected chi connectivity index (χ1v) is 9.44. The van der Waals surface area contributed by atoms with Crippen LogP contribution in [-0.4, -0.2) is 16.6 Å². The summed E-state index contributed by atoms with van der Waals surface area (Å²) < 4.78 is 12.6. The lowest BCUT2D eigenvalue weighted by Gasteiger charge is -2.13. The number of rotatable bonds is 5. The minimum atomic E-state index is -0.432. The van der Waals surface area contributed by atoms with Crippen LogP contribution < -0.4 is 15.8 Å². The largest absolute Gasteiger partial charge is 0.490 e. The van der Waals surface area contributed by atoms with Gasteiger partial charge in [0.15, 0.2) is 5.58 Å². The molecule has 0 unspecified atom stereocenters. The molecule has 144 valence electrons. The predicted octanol–water partition coefficient (Wildman–Crippen LogP) is 4.10. The van der Waals surface area contributed by atoms with Crippen LogP contribution in [0.5, 0.6) is 5.75 Å². The molecule has 0 saturated heterocycles. The Kier molecular flexibility index (Phi) is 5.02. The van der Waals surface area contributed by atoms with Crippen LogP contribution in [0.1, 0.15) is 31.2 Å². The van der Waals surface area contributed by atoms with E-state index < -0.39 is 5.76 Å². The molecule has 6 nitrogen and oxygen atoms in total. The van der Waals surface area contributed by atoms with Gasteiger partial charge in [-0.05, 0) is 61.6 Å². The van der Waals surface area contributed by atoms with Crippen LogP contribution in [0.4, 0.5) is 5.69 Å². The molecule has 1 N–H and O–H groups in total. The fourth-order valence-electron chi connectivity index (χ4n) is 3.46. The Morgan fingerprint density at radius 1 is 1.21 bits per heavy atom. The van der Waals surface area contributed by atoms with Crippen molar-refractivity contribution >= 4 is 28.8 Å². The molecule has 1 amide bonds. The summed E-state index contributed by atoms with van der Waals surface area (Å²) in [6, 6.07) is 12.8. The average Bonchev–Trinajstić information content (AvgIpc) is 3.28. The van der Waals surface area contributed by atoms with Gasteiger partial charge in [0.05, 0.1) is 11.6 Å². The van der Waals surface area contributed by atoms with Crippen molar-refractivity contribution in [2.45, 2.75) is 31.8 Å². The Morgan fingerprint density at radius 3 is 2.86 bits per heavy atom. The van der Waals surface area contributed by atoms with Gasteiger partial charge in [-0.2, -0.15) is 0 Å². The third-order valence-corrected chi connectivity index (χ3v) is 4.95. The molecule has 1 fully saturated rings. The summed E-state index contributed by atoms with van der Waals surface area (Å²) in [7, 11) is 1.64. The highest BCUT2D eigenvalue weighted by Crippen LogP contribution is 2.25. The summed E-state index contributed by atoms with van der Waals surface area (Å²) in [5, 5.41) is 2.78. The van der Waals surface area contributed by atoms with Crippen LogP contribution in [0.2, 0.25) is 0 Å². The molecule has 4 rings (SSSR count). The second kappa shape index (κ2) is 7.76. The Bertz CT molecular complexity index is 1090. The smallest absolute Gasteiger partial charge is 0.419 e. The number of aryl methyl sites for hydroxylation is 1. The maximum Gasteiger partial charge on any atom is 0.419 e. The van der Waals surface area contributed by atoms with Crippen LogP contribution in [0.25, 0.3) is 17.2 Å². The number of oxazole rings is 1. The molecule has 1 saturated carbocycles. The van der Waals surface area contributed by atoms with E-state index in [1.807, 2.05) is 24.3 Å². The average molecular weight is 378 g/mol. The topological polar surface area (TPSA) is 73.5 Å². The predicted molar refractivity (Wildman–Crippen MR) is 108 cm³/mol. The highest BCUT2D eigenvalue weighted by atomic mass is 16.5. The number of aromatic nitrogens is 1. The van der Waals surface area contributed by atoms with Crippen LogP contribution in [-0.2, 0) is 11.8 Å². The number of hydrogen-bond acceptors (Lipinski definition) is 4. The highest BCUT2D eigenvalue weighted by Gasteiger charge is 2.16. The lowest BCUT2D eigenvalue weighted by atomic mass is 10.2. The first-order valence-electron chi connectivity index (χ1n) is 9.44. The van der Waals surface area contributed by atoms with Crippen LogP contribution in [0.15, 0.2) is 57.8 Å². The van der Waals surface area contributed by atoms with Gasteiger partial charge in [0.2, 0.25) is 5.91 Å². The van der Waals surface area contributed by atoms with Crippen molar-refractivity contribution in [1.82, 2.24) is 4.57 Å². The Hall–Kier alpha value is -3.28. The summed E-state index contributed by atoms with van der Waals surface area (Å²) in [6.07, 6.45) is 8.18. The first kappa shape index (κ1) is 18.1. The minimum absolute atomic E-state index is 0.264. The molecular formula is C22H22N2O4. The van der Waals surface area contributed by atoms with E-state index in [1.165, 1.54) is 23.5 Å². The zero-order valence-corrected chi connectivity index (χ0v) is 15.7. The van der Waals surface area contributed by atoms with Crippen molar-refractivity contribution in [3.63, 3.8) is 0 Å². The Morgan fingerprint density at radius 2 is 2.04 bits per heavy atom. The first-order chi connectivity index (χ1) is 13.6. The van der Waals surface area contributed by atoms with Gasteiger partial charge in [0.25, 0.3) is 0 Å². The number of amides is 1. The molecule has 0 spiro atoms. The molecule has 1 aromatic heterocycles. The van der Waals surface area contributed by atoms with Gasteiger partial charge in [0, 0.05) is 24.9 Å². The zero-order valence-electron chi connectivity index (χ0n) is 15.7. The number of benzene rings is 2. The number of nitrogens with one attached hydrogen (secondary N) is 1. The van der Waals surface area contributed by atoms with E-state index >= 15 is 0 Å². The second-order valence-corrected chi connectivity index (χ2v) is 7.03. The van der Waals surface area contributed by atoms with Crippen molar-refractivity contribution in [3.05, 3.63) is 64.7 Å². The highest BCUT2D eigenvalue weighted by molar-refractivity contribution is 6.02. The van der Waals surface area contributed by atoms with Gasteiger partial charge >= 0.3 is 5.76 Å². The van der Waals surface area contributed by atoms with E-state index in [0.717, 1.165) is 24.2 Å². The number of carbonyl (C=O) groups excluding carboxylic acids is 1. The van der Waals surface area contributed by atoms with Gasteiger partial charge in [-0.3, -0.25) is 9.36 Å². The number of nitrogens with zero attached hydrogens (tertiary/aromatic N) is 1. The monoisotopic (exact) mass is 378 g/mol. The summed E-state index contributed by atoms with van der Waals surface area (Å²) in [5.74, 6) is 0.136. The Labute approximate surface area is 162 Å². The third kappa shape index (κ3) is 4.01. The quantitative estimate of drug-likeness (QED) is 0.678. The van der Waals surface area contributed by atoms with Gasteiger partial charge < -0.3 is 14.5 Å². The molecule has 6 heteroatoms. The van der Waals surface area contributed by atoms with Crippen molar-refractivity contribution < 1.29 is 13.9 Å². The van der Waals surface area contributed by atoms with E-state index in [0.29, 0.717) is 22.9 Å². The molecule has 0 atom stereocenters. The number of anilines is 1.